The fourth-order valence-electron chi connectivity index (χ4n) is 4.29. The van der Waals surface area contributed by atoms with Gasteiger partial charge in [0.25, 0.3) is 5.91 Å². The summed E-state index contributed by atoms with van der Waals surface area (Å²) >= 11 is 0. The van der Waals surface area contributed by atoms with Crippen LogP contribution in [0.1, 0.15) is 42.0 Å². The number of hydrogen-bond acceptors (Lipinski definition) is 3. The van der Waals surface area contributed by atoms with E-state index in [0.717, 1.165) is 29.7 Å². The Bertz CT molecular complexity index is 1200. The van der Waals surface area contributed by atoms with Crippen LogP contribution in [-0.4, -0.2) is 18.4 Å². The zero-order chi connectivity index (χ0) is 24.1. The summed E-state index contributed by atoms with van der Waals surface area (Å²) < 4.78 is 14.7. The van der Waals surface area contributed by atoms with E-state index in [1.165, 1.54) is 6.07 Å². The van der Waals surface area contributed by atoms with Crippen molar-refractivity contribution in [3.8, 4) is 0 Å². The summed E-state index contributed by atoms with van der Waals surface area (Å²) in [6.07, 6.45) is 2.46. The molecule has 1 unspecified atom stereocenters. The summed E-state index contributed by atoms with van der Waals surface area (Å²) in [7, 11) is 0. The first-order valence-corrected chi connectivity index (χ1v) is 11.6. The number of halogens is 1. The highest BCUT2D eigenvalue weighted by Crippen LogP contribution is 2.29. The first-order chi connectivity index (χ1) is 16.5. The third-order valence-electron chi connectivity index (χ3n) is 6.08. The van der Waals surface area contributed by atoms with Gasteiger partial charge in [-0.25, -0.2) is 4.39 Å². The number of benzene rings is 3. The third kappa shape index (κ3) is 5.26. The molecule has 0 aromatic heterocycles. The van der Waals surface area contributed by atoms with E-state index in [9.17, 15) is 14.0 Å². The Morgan fingerprint density at radius 2 is 1.88 bits per heavy atom. The van der Waals surface area contributed by atoms with E-state index in [4.69, 9.17) is 0 Å². The molecule has 0 radical (unpaired) electrons. The number of piperidine rings is 1. The Balaban J connectivity index is 1.58. The molecule has 2 amide bonds. The van der Waals surface area contributed by atoms with Crippen molar-refractivity contribution < 1.29 is 19.7 Å². The molecule has 3 aromatic rings. The van der Waals surface area contributed by atoms with Gasteiger partial charge in [0.15, 0.2) is 0 Å². The van der Waals surface area contributed by atoms with Crippen LogP contribution in [0.25, 0.3) is 0 Å². The van der Waals surface area contributed by atoms with Crippen molar-refractivity contribution in [2.75, 3.05) is 22.1 Å². The van der Waals surface area contributed by atoms with E-state index >= 15 is 0 Å². The summed E-state index contributed by atoms with van der Waals surface area (Å²) in [4.78, 5) is 27.5. The normalized spacial score (nSPS) is 14.6. The second-order valence-corrected chi connectivity index (χ2v) is 8.54. The zero-order valence-corrected chi connectivity index (χ0v) is 19.3. The van der Waals surface area contributed by atoms with Gasteiger partial charge in [-0.2, -0.15) is 0 Å². The quantitative estimate of drug-likeness (QED) is 0.493. The molecule has 1 aliphatic rings. The van der Waals surface area contributed by atoms with Crippen LogP contribution in [0, 0.1) is 12.7 Å². The average Bonchev–Trinajstić information content (AvgIpc) is 2.84. The number of carbonyl (C=O) groups excluding carboxylic acids is 2. The Labute approximate surface area is 199 Å². The minimum atomic E-state index is -0.940. The summed E-state index contributed by atoms with van der Waals surface area (Å²) in [5, 5.41) is 6.10. The first-order valence-electron chi connectivity index (χ1n) is 11.6. The van der Waals surface area contributed by atoms with E-state index in [1.807, 2.05) is 48.2 Å². The second kappa shape index (κ2) is 10.5. The van der Waals surface area contributed by atoms with Crippen molar-refractivity contribution in [1.29, 1.82) is 0 Å². The van der Waals surface area contributed by atoms with Crippen molar-refractivity contribution in [3.63, 3.8) is 0 Å². The smallest absolute Gasteiger partial charge is 0.251 e. The van der Waals surface area contributed by atoms with Crippen LogP contribution < -0.4 is 21.3 Å². The van der Waals surface area contributed by atoms with Gasteiger partial charge < -0.3 is 21.3 Å². The maximum atomic E-state index is 14.7. The number of rotatable bonds is 7. The summed E-state index contributed by atoms with van der Waals surface area (Å²) in [5.74, 6) is -0.718. The van der Waals surface area contributed by atoms with Gasteiger partial charge in [0.2, 0.25) is 5.91 Å². The molecular weight excluding hydrogens is 431 g/mol. The van der Waals surface area contributed by atoms with Crippen molar-refractivity contribution in [1.82, 2.24) is 0 Å². The molecule has 0 saturated carbocycles. The van der Waals surface area contributed by atoms with Crippen LogP contribution in [-0.2, 0) is 16.1 Å². The highest BCUT2D eigenvalue weighted by molar-refractivity contribution is 5.98. The first kappa shape index (κ1) is 23.4. The van der Waals surface area contributed by atoms with Crippen molar-refractivity contribution >= 4 is 28.9 Å². The molecule has 1 saturated heterocycles. The lowest BCUT2D eigenvalue weighted by Gasteiger charge is -2.28. The van der Waals surface area contributed by atoms with Crippen LogP contribution in [0.5, 0.6) is 0 Å². The Morgan fingerprint density at radius 3 is 2.62 bits per heavy atom. The molecule has 1 fully saturated rings. The highest BCUT2D eigenvalue weighted by atomic mass is 19.1. The number of nitrogens with one attached hydrogen (secondary N) is 2. The monoisotopic (exact) mass is 461 g/mol. The zero-order valence-electron chi connectivity index (χ0n) is 19.3. The molecule has 5 N–H and O–H groups in total. The van der Waals surface area contributed by atoms with E-state index in [2.05, 4.69) is 16.4 Å². The SMILES string of the molecule is Cc1cc(NC(=O)C(Nc2cccc(C[NH3+])c2)c2ccccc2F)ccc1N1CCCCC1=O. The van der Waals surface area contributed by atoms with Gasteiger partial charge in [-0.15, -0.1) is 0 Å². The van der Waals surface area contributed by atoms with Gasteiger partial charge in [-0.05, 0) is 61.7 Å². The molecule has 34 heavy (non-hydrogen) atoms. The average molecular weight is 462 g/mol. The van der Waals surface area contributed by atoms with Crippen LogP contribution in [0.4, 0.5) is 21.5 Å². The van der Waals surface area contributed by atoms with Gasteiger partial charge in [-0.3, -0.25) is 9.59 Å². The molecule has 3 aromatic carbocycles. The van der Waals surface area contributed by atoms with Crippen LogP contribution >= 0.6 is 0 Å². The van der Waals surface area contributed by atoms with Crippen molar-refractivity contribution in [2.45, 2.75) is 38.8 Å². The molecule has 0 bridgehead atoms. The maximum Gasteiger partial charge on any atom is 0.251 e. The van der Waals surface area contributed by atoms with Crippen LogP contribution in [0.3, 0.4) is 0 Å². The third-order valence-corrected chi connectivity index (χ3v) is 6.08. The lowest BCUT2D eigenvalue weighted by molar-refractivity contribution is -0.386. The Morgan fingerprint density at radius 1 is 1.06 bits per heavy atom. The largest absolute Gasteiger partial charge is 0.370 e. The fraction of sp³-hybridized carbons (Fsp3) is 0.259. The molecular formula is C27H30FN4O2+. The highest BCUT2D eigenvalue weighted by Gasteiger charge is 2.25. The van der Waals surface area contributed by atoms with E-state index < -0.39 is 11.9 Å². The van der Waals surface area contributed by atoms with E-state index in [1.54, 1.807) is 24.3 Å². The van der Waals surface area contributed by atoms with E-state index in [-0.39, 0.29) is 17.4 Å². The molecule has 1 heterocycles. The van der Waals surface area contributed by atoms with Gasteiger partial charge in [0, 0.05) is 41.2 Å². The van der Waals surface area contributed by atoms with Gasteiger partial charge in [-0.1, -0.05) is 30.3 Å². The maximum absolute atomic E-state index is 14.7. The molecule has 176 valence electrons. The number of aryl methyl sites for hydroxylation is 1. The molecule has 0 aliphatic carbocycles. The standard InChI is InChI=1S/C27H29FN4O2/c1-18-15-21(12-13-24(18)32-14-5-4-11-25(32)33)31-27(34)26(22-9-2-3-10-23(22)28)30-20-8-6-7-19(16-20)17-29/h2-3,6-10,12-13,15-16,26,30H,4-5,11,14,17,29H2,1H3,(H,31,34)/p+1. The predicted octanol–water partition coefficient (Wildman–Crippen LogP) is 4.18. The number of anilines is 3. The minimum Gasteiger partial charge on any atom is -0.370 e. The van der Waals surface area contributed by atoms with Gasteiger partial charge in [0.05, 0.1) is 6.54 Å². The number of hydrogen-bond donors (Lipinski definition) is 3. The number of quaternary nitrogens is 1. The Hall–Kier alpha value is -3.71. The molecule has 6 nitrogen and oxygen atoms in total. The minimum absolute atomic E-state index is 0.125. The van der Waals surface area contributed by atoms with Crippen LogP contribution in [0.2, 0.25) is 0 Å². The Kier molecular flexibility index (Phi) is 7.23. The van der Waals surface area contributed by atoms with Crippen molar-refractivity contribution in [2.24, 2.45) is 0 Å². The summed E-state index contributed by atoms with van der Waals surface area (Å²) in [6.45, 7) is 3.23. The molecule has 0 spiro atoms. The molecule has 7 heteroatoms. The van der Waals surface area contributed by atoms with Gasteiger partial charge in [0.1, 0.15) is 11.9 Å². The number of nitrogens with zero attached hydrogens (tertiary/aromatic N) is 1. The van der Waals surface area contributed by atoms with E-state index in [0.29, 0.717) is 30.9 Å². The number of amides is 2. The fourth-order valence-corrected chi connectivity index (χ4v) is 4.29. The summed E-state index contributed by atoms with van der Waals surface area (Å²) in [5.41, 5.74) is 8.22. The number of carbonyl (C=O) groups is 2. The van der Waals surface area contributed by atoms with Crippen molar-refractivity contribution in [3.05, 3.63) is 89.2 Å². The summed E-state index contributed by atoms with van der Waals surface area (Å²) in [6, 6.07) is 18.4. The lowest BCUT2D eigenvalue weighted by Crippen LogP contribution is -2.47. The predicted molar refractivity (Wildman–Crippen MR) is 132 cm³/mol. The lowest BCUT2D eigenvalue weighted by atomic mass is 10.0. The molecule has 1 aliphatic heterocycles. The molecule has 1 atom stereocenters. The topological polar surface area (TPSA) is 89.1 Å². The second-order valence-electron chi connectivity index (χ2n) is 8.54. The van der Waals surface area contributed by atoms with Gasteiger partial charge >= 0.3 is 0 Å². The van der Waals surface area contributed by atoms with Crippen LogP contribution in [0.15, 0.2) is 66.7 Å². The molecule has 4 rings (SSSR count).